The number of nitrogens with zero attached hydrogens (tertiary/aromatic N) is 4. The molecule has 30 heavy (non-hydrogen) atoms. The fraction of sp³-hybridized carbons (Fsp3) is 0.682. The predicted molar refractivity (Wildman–Crippen MR) is 115 cm³/mol. The summed E-state index contributed by atoms with van der Waals surface area (Å²) in [7, 11) is 1.75. The molecule has 2 atom stereocenters. The molecule has 1 aromatic heterocycles. The number of hydrogen-bond acceptors (Lipinski definition) is 4. The van der Waals surface area contributed by atoms with Crippen molar-refractivity contribution in [2.45, 2.75) is 59.0 Å². The first-order valence-corrected chi connectivity index (χ1v) is 10.6. The number of fused-ring (bicyclic) bond motifs is 1. The van der Waals surface area contributed by atoms with Crippen LogP contribution in [0.3, 0.4) is 0 Å². The van der Waals surface area contributed by atoms with Gasteiger partial charge < -0.3 is 5.41 Å². The van der Waals surface area contributed by atoms with Crippen molar-refractivity contribution in [2.75, 3.05) is 19.6 Å². The largest absolute Gasteiger partial charge is 0.330 e. The van der Waals surface area contributed by atoms with Crippen molar-refractivity contribution in [3.05, 3.63) is 33.5 Å². The second-order valence-corrected chi connectivity index (χ2v) is 9.84. The van der Waals surface area contributed by atoms with E-state index in [0.29, 0.717) is 37.1 Å². The van der Waals surface area contributed by atoms with Gasteiger partial charge in [0.15, 0.2) is 5.49 Å². The van der Waals surface area contributed by atoms with Gasteiger partial charge >= 0.3 is 5.69 Å². The smallest absolute Gasteiger partial charge is 0.305 e. The lowest BCUT2D eigenvalue weighted by Crippen LogP contribution is -2.56. The highest BCUT2D eigenvalue weighted by Crippen LogP contribution is 2.26. The molecule has 1 fully saturated rings. The van der Waals surface area contributed by atoms with E-state index in [0.717, 1.165) is 5.35 Å². The van der Waals surface area contributed by atoms with Gasteiger partial charge in [-0.05, 0) is 24.3 Å². The van der Waals surface area contributed by atoms with Crippen molar-refractivity contribution in [3.8, 4) is 0 Å². The Morgan fingerprint density at radius 3 is 2.67 bits per heavy atom. The minimum absolute atomic E-state index is 0.0181. The Bertz CT molecular complexity index is 1000. The molecule has 3 heterocycles. The summed E-state index contributed by atoms with van der Waals surface area (Å²) >= 11 is 0. The normalized spacial score (nSPS) is 22.2. The predicted octanol–water partition coefficient (Wildman–Crippen LogP) is 1.96. The minimum atomic E-state index is -2.53. The first-order valence-electron chi connectivity index (χ1n) is 10.6. The van der Waals surface area contributed by atoms with Gasteiger partial charge in [-0.15, -0.1) is 0 Å². The number of nitrogens with one attached hydrogen (secondary N) is 1. The van der Waals surface area contributed by atoms with Crippen LogP contribution in [0.2, 0.25) is 0 Å². The zero-order valence-electron chi connectivity index (χ0n) is 18.6. The molecule has 1 saturated heterocycles. The number of hydrogen-bond donors (Lipinski definition) is 1. The van der Waals surface area contributed by atoms with Crippen molar-refractivity contribution in [3.63, 3.8) is 0 Å². The van der Waals surface area contributed by atoms with Gasteiger partial charge in [0.25, 0.3) is 5.92 Å². The van der Waals surface area contributed by atoms with Gasteiger partial charge in [-0.1, -0.05) is 39.8 Å². The van der Waals surface area contributed by atoms with Crippen molar-refractivity contribution in [1.82, 2.24) is 14.0 Å². The Hall–Kier alpha value is -2.09. The van der Waals surface area contributed by atoms with Crippen LogP contribution in [0.15, 0.2) is 21.9 Å². The Kier molecular flexibility index (Phi) is 6.18. The van der Waals surface area contributed by atoms with Gasteiger partial charge in [0, 0.05) is 31.8 Å². The molecule has 1 aromatic rings. The second-order valence-electron chi connectivity index (χ2n) is 9.84. The van der Waals surface area contributed by atoms with E-state index in [1.807, 2.05) is 13.0 Å². The van der Waals surface area contributed by atoms with Crippen LogP contribution in [0.5, 0.6) is 0 Å². The van der Waals surface area contributed by atoms with E-state index in [-0.39, 0.29) is 36.2 Å². The molecule has 1 N–H and O–H groups in total. The summed E-state index contributed by atoms with van der Waals surface area (Å²) in [4.78, 5) is 19.2. The molecular formula is C22H33F2N5O. The van der Waals surface area contributed by atoms with Crippen molar-refractivity contribution < 1.29 is 8.78 Å². The van der Waals surface area contributed by atoms with Crippen LogP contribution in [0, 0.1) is 16.7 Å². The summed E-state index contributed by atoms with van der Waals surface area (Å²) in [5, 5.41) is 9.24. The van der Waals surface area contributed by atoms with Crippen molar-refractivity contribution in [1.29, 1.82) is 5.41 Å². The van der Waals surface area contributed by atoms with Gasteiger partial charge in [0.2, 0.25) is 0 Å². The number of aromatic nitrogens is 2. The average molecular weight is 422 g/mol. The maximum absolute atomic E-state index is 12.8. The van der Waals surface area contributed by atoms with E-state index in [9.17, 15) is 13.6 Å². The van der Waals surface area contributed by atoms with Gasteiger partial charge in [0.05, 0.1) is 24.5 Å². The standard InChI is InChI=1S/C22H33F2N5O/c1-15(16(25)8-6-7-11-28-13-22(23,24)14-28)17-9-10-18-19(26-17)27(5)20(30)29(18)12-21(2,3)4/h6,8,10,15,17,25H,7,9,11-14H2,1-5H3/b8-6-,25-16?. The molecule has 0 aromatic carbocycles. The number of alkyl halides is 2. The number of halogens is 2. The molecule has 0 saturated carbocycles. The first kappa shape index (κ1) is 22.6. The molecule has 6 nitrogen and oxygen atoms in total. The third-order valence-electron chi connectivity index (χ3n) is 5.72. The zero-order chi connectivity index (χ0) is 22.3. The molecule has 3 rings (SSSR count). The highest BCUT2D eigenvalue weighted by Gasteiger charge is 2.42. The molecule has 0 spiro atoms. The lowest BCUT2D eigenvalue weighted by molar-refractivity contribution is -0.129. The van der Waals surface area contributed by atoms with Crippen LogP contribution < -0.4 is 16.5 Å². The van der Waals surface area contributed by atoms with Crippen LogP contribution in [0.4, 0.5) is 8.78 Å². The van der Waals surface area contributed by atoms with Crippen LogP contribution in [-0.4, -0.2) is 51.3 Å². The van der Waals surface area contributed by atoms with Crippen LogP contribution in [0.25, 0.3) is 6.08 Å². The van der Waals surface area contributed by atoms with E-state index in [4.69, 9.17) is 10.4 Å². The van der Waals surface area contributed by atoms with Crippen molar-refractivity contribution in [2.24, 2.45) is 23.4 Å². The summed E-state index contributed by atoms with van der Waals surface area (Å²) in [5.41, 5.74) is 1.07. The van der Waals surface area contributed by atoms with E-state index in [2.05, 4.69) is 26.8 Å². The molecule has 166 valence electrons. The summed E-state index contributed by atoms with van der Waals surface area (Å²) in [6, 6.07) is -0.0974. The Morgan fingerprint density at radius 2 is 2.07 bits per heavy atom. The van der Waals surface area contributed by atoms with E-state index in [1.165, 1.54) is 0 Å². The fourth-order valence-corrected chi connectivity index (χ4v) is 4.00. The van der Waals surface area contributed by atoms with E-state index in [1.54, 1.807) is 27.2 Å². The Morgan fingerprint density at radius 1 is 1.40 bits per heavy atom. The third kappa shape index (κ3) is 4.96. The molecule has 0 bridgehead atoms. The molecule has 2 aliphatic heterocycles. The summed E-state index contributed by atoms with van der Waals surface area (Å²) in [5.74, 6) is -2.63. The van der Waals surface area contributed by atoms with Gasteiger partial charge in [0.1, 0.15) is 0 Å². The summed E-state index contributed by atoms with van der Waals surface area (Å²) in [6.07, 6.45) is 7.03. The molecule has 2 aliphatic rings. The highest BCUT2D eigenvalue weighted by atomic mass is 19.3. The highest BCUT2D eigenvalue weighted by molar-refractivity contribution is 5.94. The Balaban J connectivity index is 1.66. The maximum Gasteiger partial charge on any atom is 0.330 e. The number of imidazole rings is 1. The van der Waals surface area contributed by atoms with Crippen LogP contribution in [-0.2, 0) is 13.6 Å². The van der Waals surface area contributed by atoms with Crippen LogP contribution in [0.1, 0.15) is 40.5 Å². The number of rotatable bonds is 7. The van der Waals surface area contributed by atoms with Crippen molar-refractivity contribution >= 4 is 11.8 Å². The second kappa shape index (κ2) is 8.21. The minimum Gasteiger partial charge on any atom is -0.305 e. The van der Waals surface area contributed by atoms with E-state index < -0.39 is 5.92 Å². The fourth-order valence-electron chi connectivity index (χ4n) is 4.00. The lowest BCUT2D eigenvalue weighted by atomic mass is 9.92. The monoisotopic (exact) mass is 421 g/mol. The quantitative estimate of drug-likeness (QED) is 0.684. The molecule has 8 heteroatoms. The maximum atomic E-state index is 12.8. The van der Waals surface area contributed by atoms with E-state index >= 15 is 0 Å². The first-order chi connectivity index (χ1) is 13.9. The van der Waals surface area contributed by atoms with Crippen LogP contribution >= 0.6 is 0 Å². The lowest BCUT2D eigenvalue weighted by Gasteiger charge is -2.38. The number of allylic oxidation sites excluding steroid dienone is 1. The van der Waals surface area contributed by atoms with Gasteiger partial charge in [-0.25, -0.2) is 13.6 Å². The molecule has 0 amide bonds. The van der Waals surface area contributed by atoms with Gasteiger partial charge in [-0.3, -0.25) is 19.0 Å². The summed E-state index contributed by atoms with van der Waals surface area (Å²) in [6.45, 7) is 9.16. The van der Waals surface area contributed by atoms with Gasteiger partial charge in [-0.2, -0.15) is 0 Å². The Labute approximate surface area is 176 Å². The SMILES string of the molecule is CC(C(=N)/C=C\CCN1CC(F)(F)C1)C1CC=c2c(n(C)c(=O)n2CC(C)(C)C)=N1. The molecular weight excluding hydrogens is 388 g/mol. The molecule has 0 aliphatic carbocycles. The molecule has 2 unspecified atom stereocenters. The topological polar surface area (TPSA) is 66.4 Å². The average Bonchev–Trinajstić information content (AvgIpc) is 2.86. The number of likely N-dealkylation sites (tertiary alicyclic amines) is 1. The zero-order valence-corrected chi connectivity index (χ0v) is 18.6. The summed E-state index contributed by atoms with van der Waals surface area (Å²) < 4.78 is 29.1. The third-order valence-corrected chi connectivity index (χ3v) is 5.72. The molecule has 0 radical (unpaired) electrons.